The second-order valence-electron chi connectivity index (χ2n) is 5.13. The lowest BCUT2D eigenvalue weighted by atomic mass is 10.1. The molecule has 3 nitrogen and oxygen atoms in total. The highest BCUT2D eigenvalue weighted by molar-refractivity contribution is 7.99. The highest BCUT2D eigenvalue weighted by atomic mass is 32.2. The van der Waals surface area contributed by atoms with Crippen LogP contribution in [0, 0.1) is 0 Å². The van der Waals surface area contributed by atoms with Crippen LogP contribution in [0.1, 0.15) is 12.5 Å². The molecule has 2 aromatic carbocycles. The third-order valence-electron chi connectivity index (χ3n) is 2.99. The molecule has 0 saturated carbocycles. The van der Waals surface area contributed by atoms with E-state index < -0.39 is 9.84 Å². The van der Waals surface area contributed by atoms with Crippen molar-refractivity contribution in [2.75, 3.05) is 6.26 Å². The van der Waals surface area contributed by atoms with Crippen molar-refractivity contribution >= 4 is 21.6 Å². The van der Waals surface area contributed by atoms with Crippen molar-refractivity contribution in [3.63, 3.8) is 0 Å². The van der Waals surface area contributed by atoms with Crippen molar-refractivity contribution in [3.05, 3.63) is 54.1 Å². The van der Waals surface area contributed by atoms with Gasteiger partial charge in [0.25, 0.3) is 0 Å². The van der Waals surface area contributed by atoms with E-state index in [9.17, 15) is 8.42 Å². The Kier molecular flexibility index (Phi) is 5.08. The average Bonchev–Trinajstić information content (AvgIpc) is 2.40. The van der Waals surface area contributed by atoms with Crippen LogP contribution in [0.2, 0.25) is 0 Å². The molecule has 0 bridgehead atoms. The Labute approximate surface area is 130 Å². The molecule has 5 heteroatoms. The number of hydrogen-bond donors (Lipinski definition) is 1. The fourth-order valence-corrected chi connectivity index (χ4v) is 3.59. The topological polar surface area (TPSA) is 60.2 Å². The van der Waals surface area contributed by atoms with Gasteiger partial charge < -0.3 is 5.73 Å². The van der Waals surface area contributed by atoms with Crippen molar-refractivity contribution in [3.8, 4) is 0 Å². The Morgan fingerprint density at radius 2 is 1.71 bits per heavy atom. The van der Waals surface area contributed by atoms with Crippen molar-refractivity contribution in [1.82, 2.24) is 0 Å². The maximum Gasteiger partial charge on any atom is 0.175 e. The van der Waals surface area contributed by atoms with Crippen LogP contribution in [-0.2, 0) is 16.3 Å². The lowest BCUT2D eigenvalue weighted by Crippen LogP contribution is -2.18. The molecule has 1 atom stereocenters. The zero-order chi connectivity index (χ0) is 15.5. The van der Waals surface area contributed by atoms with Crippen LogP contribution in [0.5, 0.6) is 0 Å². The minimum absolute atomic E-state index is 0.111. The molecule has 0 amide bonds. The molecule has 0 fully saturated rings. The van der Waals surface area contributed by atoms with Crippen molar-refractivity contribution in [1.29, 1.82) is 0 Å². The zero-order valence-electron chi connectivity index (χ0n) is 12.1. The molecular formula is C16H19NO2S2. The van der Waals surface area contributed by atoms with Gasteiger partial charge in [-0.1, -0.05) is 30.0 Å². The number of benzene rings is 2. The summed E-state index contributed by atoms with van der Waals surface area (Å²) in [6.45, 7) is 1.99. The lowest BCUT2D eigenvalue weighted by Gasteiger charge is -2.11. The molecule has 0 radical (unpaired) electrons. The number of nitrogens with two attached hydrogens (primary N) is 1. The molecule has 0 aliphatic carbocycles. The monoisotopic (exact) mass is 321 g/mol. The van der Waals surface area contributed by atoms with Gasteiger partial charge in [0, 0.05) is 22.1 Å². The standard InChI is InChI=1S/C16H19NO2S2/c1-12(17)11-13-5-3-4-6-16(13)20-14-7-9-15(10-8-14)21(2,18)19/h3-10,12H,11,17H2,1-2H3. The maximum absolute atomic E-state index is 11.5. The van der Waals surface area contributed by atoms with Gasteiger partial charge in [-0.25, -0.2) is 8.42 Å². The van der Waals surface area contributed by atoms with Gasteiger partial charge in [0.2, 0.25) is 0 Å². The van der Waals surface area contributed by atoms with E-state index in [0.717, 1.165) is 16.2 Å². The average molecular weight is 321 g/mol. The van der Waals surface area contributed by atoms with Crippen LogP contribution in [0.15, 0.2) is 63.2 Å². The maximum atomic E-state index is 11.5. The highest BCUT2D eigenvalue weighted by Crippen LogP contribution is 2.31. The van der Waals surface area contributed by atoms with Gasteiger partial charge in [-0.3, -0.25) is 0 Å². The van der Waals surface area contributed by atoms with Gasteiger partial charge in [-0.15, -0.1) is 0 Å². The molecule has 2 rings (SSSR count). The normalized spacial score (nSPS) is 13.1. The van der Waals surface area contributed by atoms with E-state index in [1.807, 2.05) is 31.2 Å². The molecule has 2 N–H and O–H groups in total. The smallest absolute Gasteiger partial charge is 0.175 e. The molecule has 0 spiro atoms. The summed E-state index contributed by atoms with van der Waals surface area (Å²) in [5.41, 5.74) is 7.09. The van der Waals surface area contributed by atoms with Crippen molar-refractivity contribution in [2.24, 2.45) is 5.73 Å². The summed E-state index contributed by atoms with van der Waals surface area (Å²) < 4.78 is 22.9. The summed E-state index contributed by atoms with van der Waals surface area (Å²) in [5.74, 6) is 0. The van der Waals surface area contributed by atoms with Crippen LogP contribution in [0.4, 0.5) is 0 Å². The Hall–Kier alpha value is -1.30. The third-order valence-corrected chi connectivity index (χ3v) is 5.25. The first-order chi connectivity index (χ1) is 9.86. The second kappa shape index (κ2) is 6.64. The molecule has 112 valence electrons. The lowest BCUT2D eigenvalue weighted by molar-refractivity contribution is 0.602. The predicted octanol–water partition coefficient (Wildman–Crippen LogP) is 3.13. The first-order valence-corrected chi connectivity index (χ1v) is 9.38. The predicted molar refractivity (Wildman–Crippen MR) is 87.5 cm³/mol. The largest absolute Gasteiger partial charge is 0.328 e. The van der Waals surface area contributed by atoms with E-state index in [2.05, 4.69) is 12.1 Å². The van der Waals surface area contributed by atoms with E-state index in [-0.39, 0.29) is 6.04 Å². The molecule has 21 heavy (non-hydrogen) atoms. The van der Waals surface area contributed by atoms with E-state index >= 15 is 0 Å². The van der Waals surface area contributed by atoms with Gasteiger partial charge in [0.1, 0.15) is 0 Å². The van der Waals surface area contributed by atoms with Crippen molar-refractivity contribution in [2.45, 2.75) is 34.1 Å². The van der Waals surface area contributed by atoms with E-state index in [1.165, 1.54) is 11.8 Å². The summed E-state index contributed by atoms with van der Waals surface area (Å²) in [5, 5.41) is 0. The number of sulfone groups is 1. The number of hydrogen-bond acceptors (Lipinski definition) is 4. The first kappa shape index (κ1) is 16.1. The third kappa shape index (κ3) is 4.59. The van der Waals surface area contributed by atoms with Gasteiger partial charge in [-0.2, -0.15) is 0 Å². The van der Waals surface area contributed by atoms with Gasteiger partial charge in [-0.05, 0) is 49.2 Å². The zero-order valence-corrected chi connectivity index (χ0v) is 13.7. The number of rotatable bonds is 5. The van der Waals surface area contributed by atoms with Crippen LogP contribution >= 0.6 is 11.8 Å². The van der Waals surface area contributed by atoms with E-state index in [4.69, 9.17) is 5.73 Å². The van der Waals surface area contributed by atoms with Crippen LogP contribution in [-0.4, -0.2) is 20.7 Å². The van der Waals surface area contributed by atoms with Gasteiger partial charge in [0.15, 0.2) is 9.84 Å². The van der Waals surface area contributed by atoms with Crippen LogP contribution in [0.25, 0.3) is 0 Å². The summed E-state index contributed by atoms with van der Waals surface area (Å²) in [4.78, 5) is 2.51. The second-order valence-corrected chi connectivity index (χ2v) is 8.27. The molecule has 0 heterocycles. The molecule has 0 aliphatic rings. The summed E-state index contributed by atoms with van der Waals surface area (Å²) in [6.07, 6.45) is 2.04. The SMILES string of the molecule is CC(N)Cc1ccccc1Sc1ccc(S(C)(=O)=O)cc1. The first-order valence-electron chi connectivity index (χ1n) is 6.68. The molecule has 0 aromatic heterocycles. The van der Waals surface area contributed by atoms with Gasteiger partial charge >= 0.3 is 0 Å². The van der Waals surface area contributed by atoms with Crippen LogP contribution < -0.4 is 5.73 Å². The van der Waals surface area contributed by atoms with Crippen LogP contribution in [0.3, 0.4) is 0 Å². The van der Waals surface area contributed by atoms with E-state index in [0.29, 0.717) is 4.90 Å². The Balaban J connectivity index is 2.22. The fraction of sp³-hybridized carbons (Fsp3) is 0.250. The summed E-state index contributed by atoms with van der Waals surface area (Å²) in [6, 6.07) is 15.2. The fourth-order valence-electron chi connectivity index (χ4n) is 2.00. The molecule has 0 saturated heterocycles. The highest BCUT2D eigenvalue weighted by Gasteiger charge is 2.09. The molecule has 1 unspecified atom stereocenters. The molecular weight excluding hydrogens is 302 g/mol. The quantitative estimate of drug-likeness (QED) is 0.919. The molecule has 2 aromatic rings. The Bertz CT molecular complexity index is 707. The Morgan fingerprint density at radius 3 is 2.29 bits per heavy atom. The van der Waals surface area contributed by atoms with E-state index in [1.54, 1.807) is 23.9 Å². The summed E-state index contributed by atoms with van der Waals surface area (Å²) >= 11 is 1.63. The Morgan fingerprint density at radius 1 is 1.10 bits per heavy atom. The minimum Gasteiger partial charge on any atom is -0.328 e. The summed E-state index contributed by atoms with van der Waals surface area (Å²) in [7, 11) is -3.14. The molecule has 0 aliphatic heterocycles. The van der Waals surface area contributed by atoms with Crippen molar-refractivity contribution < 1.29 is 8.42 Å². The minimum atomic E-state index is -3.14. The van der Waals surface area contributed by atoms with Gasteiger partial charge in [0.05, 0.1) is 4.90 Å².